The van der Waals surface area contributed by atoms with Crippen LogP contribution in [0.3, 0.4) is 0 Å². The van der Waals surface area contributed by atoms with Gasteiger partial charge in [-0.2, -0.15) is 0 Å². The lowest BCUT2D eigenvalue weighted by molar-refractivity contribution is 0.0564. The van der Waals surface area contributed by atoms with E-state index in [-0.39, 0.29) is 17.9 Å². The standard InChI is InChI=1S/C19H25NO2/c1-3-5-7-8-12-15(11-6-4-2)20-18(21)16-13-9-10-14-17(16)19(20)22/h3,5,9-10,13-15H,4,6-8,11-12H2,1-2H3/b5-3+. The number of amides is 2. The van der Waals surface area contributed by atoms with Crippen LogP contribution < -0.4 is 0 Å². The third-order valence-corrected chi connectivity index (χ3v) is 4.23. The van der Waals surface area contributed by atoms with Crippen LogP contribution >= 0.6 is 0 Å². The van der Waals surface area contributed by atoms with Gasteiger partial charge in [0.2, 0.25) is 0 Å². The van der Waals surface area contributed by atoms with Gasteiger partial charge in [-0.25, -0.2) is 0 Å². The number of fused-ring (bicyclic) bond motifs is 1. The van der Waals surface area contributed by atoms with Crippen molar-refractivity contribution >= 4 is 11.8 Å². The number of hydrogen-bond acceptors (Lipinski definition) is 2. The maximum absolute atomic E-state index is 12.6. The molecule has 1 aromatic carbocycles. The number of nitrogens with zero attached hydrogens (tertiary/aromatic N) is 1. The minimum atomic E-state index is -0.118. The molecule has 1 unspecified atom stereocenters. The van der Waals surface area contributed by atoms with Crippen molar-refractivity contribution in [3.63, 3.8) is 0 Å². The summed E-state index contributed by atoms with van der Waals surface area (Å²) in [6, 6.07) is 7.18. The van der Waals surface area contributed by atoms with Crippen molar-refractivity contribution in [1.29, 1.82) is 0 Å². The monoisotopic (exact) mass is 299 g/mol. The van der Waals surface area contributed by atoms with Gasteiger partial charge in [-0.1, -0.05) is 44.1 Å². The zero-order chi connectivity index (χ0) is 15.9. The number of allylic oxidation sites excluding steroid dienone is 2. The van der Waals surface area contributed by atoms with Gasteiger partial charge in [0.15, 0.2) is 0 Å². The summed E-state index contributed by atoms with van der Waals surface area (Å²) in [5.74, 6) is -0.236. The van der Waals surface area contributed by atoms with Gasteiger partial charge < -0.3 is 0 Å². The lowest BCUT2D eigenvalue weighted by Crippen LogP contribution is -2.39. The summed E-state index contributed by atoms with van der Waals surface area (Å²) in [4.78, 5) is 26.7. The van der Waals surface area contributed by atoms with Crippen LogP contribution in [-0.4, -0.2) is 22.8 Å². The molecule has 0 aliphatic carbocycles. The topological polar surface area (TPSA) is 37.4 Å². The summed E-state index contributed by atoms with van der Waals surface area (Å²) in [6.45, 7) is 4.15. The minimum Gasteiger partial charge on any atom is -0.271 e. The SMILES string of the molecule is C/C=C/CCCC(CCCC)N1C(=O)c2ccccc2C1=O. The fourth-order valence-electron chi connectivity index (χ4n) is 3.02. The molecule has 1 atom stereocenters. The van der Waals surface area contributed by atoms with Gasteiger partial charge in [-0.15, -0.1) is 0 Å². The molecular formula is C19H25NO2. The van der Waals surface area contributed by atoms with E-state index < -0.39 is 0 Å². The fraction of sp³-hybridized carbons (Fsp3) is 0.474. The van der Waals surface area contributed by atoms with Crippen LogP contribution in [0.25, 0.3) is 0 Å². The molecule has 0 fully saturated rings. The van der Waals surface area contributed by atoms with E-state index >= 15 is 0 Å². The molecule has 3 heteroatoms. The van der Waals surface area contributed by atoms with Gasteiger partial charge in [-0.05, 0) is 44.7 Å². The largest absolute Gasteiger partial charge is 0.271 e. The van der Waals surface area contributed by atoms with Gasteiger partial charge in [0.25, 0.3) is 11.8 Å². The molecule has 0 N–H and O–H groups in total. The third kappa shape index (κ3) is 3.46. The molecule has 0 radical (unpaired) electrons. The van der Waals surface area contributed by atoms with E-state index in [2.05, 4.69) is 13.0 Å². The second-order valence-corrected chi connectivity index (χ2v) is 5.82. The summed E-state index contributed by atoms with van der Waals surface area (Å²) in [6.07, 6.45) is 10.1. The predicted octanol–water partition coefficient (Wildman–Crippen LogP) is 4.59. The Morgan fingerprint density at radius 2 is 1.64 bits per heavy atom. The van der Waals surface area contributed by atoms with Crippen LogP contribution in [0.1, 0.15) is 73.1 Å². The zero-order valence-electron chi connectivity index (χ0n) is 13.5. The number of carbonyl (C=O) groups excluding carboxylic acids is 2. The second kappa shape index (κ2) is 7.92. The number of hydrogen-bond donors (Lipinski definition) is 0. The summed E-state index contributed by atoms with van der Waals surface area (Å²) in [5.41, 5.74) is 1.12. The molecule has 2 rings (SSSR count). The number of carbonyl (C=O) groups is 2. The van der Waals surface area contributed by atoms with Gasteiger partial charge >= 0.3 is 0 Å². The number of imide groups is 1. The van der Waals surface area contributed by atoms with Crippen molar-refractivity contribution in [3.05, 3.63) is 47.5 Å². The van der Waals surface area contributed by atoms with Gasteiger partial charge in [0, 0.05) is 6.04 Å². The van der Waals surface area contributed by atoms with E-state index in [1.807, 2.05) is 25.1 Å². The Labute approximate surface area is 133 Å². The highest BCUT2D eigenvalue weighted by atomic mass is 16.2. The molecule has 1 aliphatic rings. The van der Waals surface area contributed by atoms with Crippen molar-refractivity contribution in [1.82, 2.24) is 4.90 Å². The number of unbranched alkanes of at least 4 members (excludes halogenated alkanes) is 2. The van der Waals surface area contributed by atoms with E-state index in [4.69, 9.17) is 0 Å². The maximum atomic E-state index is 12.6. The number of benzene rings is 1. The molecule has 0 bridgehead atoms. The van der Waals surface area contributed by atoms with Gasteiger partial charge in [0.1, 0.15) is 0 Å². The zero-order valence-corrected chi connectivity index (χ0v) is 13.5. The second-order valence-electron chi connectivity index (χ2n) is 5.82. The molecule has 22 heavy (non-hydrogen) atoms. The van der Waals surface area contributed by atoms with Crippen LogP contribution in [0.2, 0.25) is 0 Å². The van der Waals surface area contributed by atoms with Crippen molar-refractivity contribution in [2.45, 2.75) is 58.4 Å². The predicted molar refractivity (Wildman–Crippen MR) is 88.9 cm³/mol. The molecule has 1 heterocycles. The molecule has 0 spiro atoms. The normalized spacial score (nSPS) is 15.6. The molecule has 1 aromatic rings. The molecule has 1 aliphatic heterocycles. The van der Waals surface area contributed by atoms with Crippen molar-refractivity contribution in [2.75, 3.05) is 0 Å². The average Bonchev–Trinajstić information content (AvgIpc) is 2.79. The van der Waals surface area contributed by atoms with Crippen LogP contribution in [0.4, 0.5) is 0 Å². The molecule has 118 valence electrons. The first-order valence-corrected chi connectivity index (χ1v) is 8.28. The Kier molecular flexibility index (Phi) is 5.93. The van der Waals surface area contributed by atoms with Gasteiger partial charge in [-0.3, -0.25) is 14.5 Å². The van der Waals surface area contributed by atoms with Crippen LogP contribution in [0.5, 0.6) is 0 Å². The van der Waals surface area contributed by atoms with E-state index in [0.717, 1.165) is 38.5 Å². The van der Waals surface area contributed by atoms with Crippen molar-refractivity contribution < 1.29 is 9.59 Å². The van der Waals surface area contributed by atoms with E-state index in [1.165, 1.54) is 4.90 Å². The summed E-state index contributed by atoms with van der Waals surface area (Å²) < 4.78 is 0. The number of rotatable bonds is 8. The fourth-order valence-corrected chi connectivity index (χ4v) is 3.02. The Morgan fingerprint density at radius 1 is 1.05 bits per heavy atom. The molecule has 0 aromatic heterocycles. The van der Waals surface area contributed by atoms with E-state index in [1.54, 1.807) is 12.1 Å². The maximum Gasteiger partial charge on any atom is 0.261 e. The van der Waals surface area contributed by atoms with Crippen molar-refractivity contribution in [3.8, 4) is 0 Å². The third-order valence-electron chi connectivity index (χ3n) is 4.23. The van der Waals surface area contributed by atoms with E-state index in [0.29, 0.717) is 11.1 Å². The van der Waals surface area contributed by atoms with Crippen LogP contribution in [0.15, 0.2) is 36.4 Å². The highest BCUT2D eigenvalue weighted by Gasteiger charge is 2.38. The first kappa shape index (κ1) is 16.5. The lowest BCUT2D eigenvalue weighted by Gasteiger charge is -2.26. The molecule has 0 saturated heterocycles. The minimum absolute atomic E-state index is 0.0256. The molecule has 0 saturated carbocycles. The first-order chi connectivity index (χ1) is 10.7. The first-order valence-electron chi connectivity index (χ1n) is 8.28. The van der Waals surface area contributed by atoms with Crippen LogP contribution in [-0.2, 0) is 0 Å². The van der Waals surface area contributed by atoms with E-state index in [9.17, 15) is 9.59 Å². The lowest BCUT2D eigenvalue weighted by atomic mass is 10.0. The summed E-state index contributed by atoms with van der Waals surface area (Å²) in [7, 11) is 0. The van der Waals surface area contributed by atoms with Crippen molar-refractivity contribution in [2.24, 2.45) is 0 Å². The molecular weight excluding hydrogens is 274 g/mol. The highest BCUT2D eigenvalue weighted by molar-refractivity contribution is 6.21. The Hall–Kier alpha value is -1.90. The summed E-state index contributed by atoms with van der Waals surface area (Å²) >= 11 is 0. The average molecular weight is 299 g/mol. The Bertz CT molecular complexity index is 527. The summed E-state index contributed by atoms with van der Waals surface area (Å²) in [5, 5.41) is 0. The Morgan fingerprint density at radius 3 is 2.18 bits per heavy atom. The highest BCUT2D eigenvalue weighted by Crippen LogP contribution is 2.28. The van der Waals surface area contributed by atoms with Gasteiger partial charge in [0.05, 0.1) is 11.1 Å². The Balaban J connectivity index is 2.13. The smallest absolute Gasteiger partial charge is 0.261 e. The quantitative estimate of drug-likeness (QED) is 0.400. The molecule has 3 nitrogen and oxygen atoms in total. The van der Waals surface area contributed by atoms with Crippen LogP contribution in [0, 0.1) is 0 Å². The molecule has 2 amide bonds.